The van der Waals surface area contributed by atoms with Crippen LogP contribution in [0.25, 0.3) is 0 Å². The van der Waals surface area contributed by atoms with Gasteiger partial charge < -0.3 is 9.64 Å². The molecular weight excluding hydrogens is 280 g/mol. The van der Waals surface area contributed by atoms with E-state index in [0.29, 0.717) is 12.1 Å². The Kier molecular flexibility index (Phi) is 5.95. The van der Waals surface area contributed by atoms with Crippen molar-refractivity contribution in [3.8, 4) is 0 Å². The average molecular weight is 299 g/mol. The van der Waals surface area contributed by atoms with Crippen LogP contribution in [0.15, 0.2) is 12.1 Å². The molecule has 110 valence electrons. The van der Waals surface area contributed by atoms with E-state index in [0.717, 1.165) is 5.69 Å². The number of pyridine rings is 1. The lowest BCUT2D eigenvalue weighted by Crippen LogP contribution is -2.36. The molecule has 0 bridgehead atoms. The van der Waals surface area contributed by atoms with Gasteiger partial charge in [-0.3, -0.25) is 9.59 Å². The summed E-state index contributed by atoms with van der Waals surface area (Å²) in [6.07, 6.45) is 0. The van der Waals surface area contributed by atoms with E-state index < -0.39 is 5.97 Å². The number of halogens is 1. The zero-order chi connectivity index (χ0) is 15.3. The van der Waals surface area contributed by atoms with Crippen molar-refractivity contribution in [2.75, 3.05) is 20.2 Å². The maximum Gasteiger partial charge on any atom is 0.325 e. The summed E-state index contributed by atoms with van der Waals surface area (Å²) in [5.74, 6) is -0.551. The molecule has 1 aromatic rings. The molecule has 20 heavy (non-hydrogen) atoms. The van der Waals surface area contributed by atoms with Crippen LogP contribution in [0.5, 0.6) is 0 Å². The second-order valence-corrected chi connectivity index (χ2v) is 5.04. The lowest BCUT2D eigenvalue weighted by atomic mass is 10.1. The fourth-order valence-corrected chi connectivity index (χ4v) is 1.88. The van der Waals surface area contributed by atoms with Gasteiger partial charge in [-0.05, 0) is 25.0 Å². The van der Waals surface area contributed by atoms with Crippen LogP contribution in [0.2, 0.25) is 5.15 Å². The Morgan fingerprint density at radius 1 is 1.40 bits per heavy atom. The highest BCUT2D eigenvalue weighted by Gasteiger charge is 2.19. The monoisotopic (exact) mass is 298 g/mol. The topological polar surface area (TPSA) is 59.5 Å². The van der Waals surface area contributed by atoms with Crippen LogP contribution >= 0.6 is 11.6 Å². The molecule has 0 aromatic carbocycles. The van der Waals surface area contributed by atoms with E-state index in [9.17, 15) is 9.59 Å². The van der Waals surface area contributed by atoms with Crippen molar-refractivity contribution >= 4 is 23.5 Å². The third-order valence-corrected chi connectivity index (χ3v) is 3.06. The van der Waals surface area contributed by atoms with E-state index in [2.05, 4.69) is 9.72 Å². The fraction of sp³-hybridized carbons (Fsp3) is 0.500. The van der Waals surface area contributed by atoms with Crippen molar-refractivity contribution in [1.29, 1.82) is 0 Å². The molecule has 0 unspecified atom stereocenters. The lowest BCUT2D eigenvalue weighted by molar-refractivity contribution is -0.141. The first kappa shape index (κ1) is 16.4. The molecule has 0 atom stereocenters. The van der Waals surface area contributed by atoms with Gasteiger partial charge >= 0.3 is 5.97 Å². The van der Waals surface area contributed by atoms with Crippen molar-refractivity contribution in [2.45, 2.75) is 26.7 Å². The molecule has 0 aliphatic rings. The molecule has 0 spiro atoms. The fourth-order valence-electron chi connectivity index (χ4n) is 1.67. The average Bonchev–Trinajstić information content (AvgIpc) is 2.42. The normalized spacial score (nSPS) is 10.5. The van der Waals surface area contributed by atoms with E-state index in [-0.39, 0.29) is 23.5 Å². The first-order chi connectivity index (χ1) is 9.38. The van der Waals surface area contributed by atoms with E-state index >= 15 is 0 Å². The maximum atomic E-state index is 12.4. The summed E-state index contributed by atoms with van der Waals surface area (Å²) in [7, 11) is 1.29. The summed E-state index contributed by atoms with van der Waals surface area (Å²) >= 11 is 5.95. The number of likely N-dealkylation sites (N-methyl/N-ethyl adjacent to an activating group) is 1. The standard InChI is InChI=1S/C14H19ClN2O3/c1-5-17(8-13(18)20-4)14(19)10-6-11(9(2)3)16-12(15)7-10/h6-7,9H,5,8H2,1-4H3. The first-order valence-electron chi connectivity index (χ1n) is 6.42. The number of rotatable bonds is 5. The molecule has 6 heteroatoms. The van der Waals surface area contributed by atoms with Gasteiger partial charge in [0.25, 0.3) is 5.91 Å². The van der Waals surface area contributed by atoms with E-state index in [1.807, 2.05) is 13.8 Å². The zero-order valence-electron chi connectivity index (χ0n) is 12.1. The van der Waals surface area contributed by atoms with Gasteiger partial charge in [0.15, 0.2) is 0 Å². The van der Waals surface area contributed by atoms with Crippen molar-refractivity contribution in [3.05, 3.63) is 28.5 Å². The molecule has 0 aliphatic heterocycles. The molecule has 0 radical (unpaired) electrons. The van der Waals surface area contributed by atoms with Crippen molar-refractivity contribution < 1.29 is 14.3 Å². The van der Waals surface area contributed by atoms with Gasteiger partial charge in [0.05, 0.1) is 7.11 Å². The molecule has 1 amide bonds. The number of carbonyl (C=O) groups is 2. The maximum absolute atomic E-state index is 12.4. The summed E-state index contributed by atoms with van der Waals surface area (Å²) in [5, 5.41) is 0.272. The van der Waals surface area contributed by atoms with Crippen molar-refractivity contribution in [2.24, 2.45) is 0 Å². The molecule has 1 rings (SSSR count). The Bertz CT molecular complexity index is 503. The Hall–Kier alpha value is -1.62. The number of ether oxygens (including phenoxy) is 1. The third-order valence-electron chi connectivity index (χ3n) is 2.87. The highest BCUT2D eigenvalue weighted by molar-refractivity contribution is 6.29. The number of amides is 1. The third kappa shape index (κ3) is 4.20. The number of carbonyl (C=O) groups excluding carboxylic acids is 2. The van der Waals surface area contributed by atoms with Gasteiger partial charge in [-0.25, -0.2) is 4.98 Å². The number of aromatic nitrogens is 1. The van der Waals surface area contributed by atoms with Crippen LogP contribution in [0, 0.1) is 0 Å². The predicted octanol–water partition coefficient (Wildman–Crippen LogP) is 2.49. The summed E-state index contributed by atoms with van der Waals surface area (Å²) in [5.41, 5.74) is 1.18. The minimum absolute atomic E-state index is 0.0806. The number of hydrogen-bond acceptors (Lipinski definition) is 4. The molecule has 0 aliphatic carbocycles. The molecule has 5 nitrogen and oxygen atoms in total. The molecule has 1 aromatic heterocycles. The predicted molar refractivity (Wildman–Crippen MR) is 76.9 cm³/mol. The van der Waals surface area contributed by atoms with Gasteiger partial charge in [-0.1, -0.05) is 25.4 Å². The Morgan fingerprint density at radius 3 is 2.55 bits per heavy atom. The Labute approximate surface area is 123 Å². The highest BCUT2D eigenvalue weighted by atomic mass is 35.5. The summed E-state index contributed by atoms with van der Waals surface area (Å²) in [6.45, 7) is 6.07. The van der Waals surface area contributed by atoms with E-state index in [1.165, 1.54) is 18.1 Å². The van der Waals surface area contributed by atoms with Crippen LogP contribution in [0.3, 0.4) is 0 Å². The first-order valence-corrected chi connectivity index (χ1v) is 6.80. The van der Waals surface area contributed by atoms with Gasteiger partial charge in [0, 0.05) is 17.8 Å². The highest BCUT2D eigenvalue weighted by Crippen LogP contribution is 2.18. The quantitative estimate of drug-likeness (QED) is 0.619. The minimum atomic E-state index is -0.454. The van der Waals surface area contributed by atoms with Crippen LogP contribution in [-0.2, 0) is 9.53 Å². The summed E-state index contributed by atoms with van der Waals surface area (Å²) < 4.78 is 4.58. The SMILES string of the molecule is CCN(CC(=O)OC)C(=O)c1cc(Cl)nc(C(C)C)c1. The molecular formula is C14H19ClN2O3. The van der Waals surface area contributed by atoms with Gasteiger partial charge in [-0.2, -0.15) is 0 Å². The molecule has 0 N–H and O–H groups in total. The number of hydrogen-bond donors (Lipinski definition) is 0. The second-order valence-electron chi connectivity index (χ2n) is 4.65. The Balaban J connectivity index is 3.03. The number of nitrogens with zero attached hydrogens (tertiary/aromatic N) is 2. The van der Waals surface area contributed by atoms with Crippen molar-refractivity contribution in [3.63, 3.8) is 0 Å². The molecule has 1 heterocycles. The van der Waals surface area contributed by atoms with Crippen LogP contribution in [0.1, 0.15) is 42.7 Å². The second kappa shape index (κ2) is 7.24. The molecule has 0 fully saturated rings. The number of esters is 1. The summed E-state index contributed by atoms with van der Waals surface area (Å²) in [4.78, 5) is 29.3. The van der Waals surface area contributed by atoms with E-state index in [4.69, 9.17) is 11.6 Å². The van der Waals surface area contributed by atoms with Crippen molar-refractivity contribution in [1.82, 2.24) is 9.88 Å². The van der Waals surface area contributed by atoms with Gasteiger partial charge in [0.2, 0.25) is 0 Å². The number of methoxy groups -OCH3 is 1. The lowest BCUT2D eigenvalue weighted by Gasteiger charge is -2.20. The largest absolute Gasteiger partial charge is 0.468 e. The Morgan fingerprint density at radius 2 is 2.05 bits per heavy atom. The van der Waals surface area contributed by atoms with E-state index in [1.54, 1.807) is 13.0 Å². The van der Waals surface area contributed by atoms with Crippen LogP contribution < -0.4 is 0 Å². The molecule has 0 saturated carbocycles. The summed E-state index contributed by atoms with van der Waals surface area (Å²) in [6, 6.07) is 3.22. The minimum Gasteiger partial charge on any atom is -0.468 e. The van der Waals surface area contributed by atoms with Crippen LogP contribution in [-0.4, -0.2) is 42.0 Å². The smallest absolute Gasteiger partial charge is 0.325 e. The van der Waals surface area contributed by atoms with Crippen LogP contribution in [0.4, 0.5) is 0 Å². The zero-order valence-corrected chi connectivity index (χ0v) is 12.9. The van der Waals surface area contributed by atoms with Gasteiger partial charge in [0.1, 0.15) is 11.7 Å². The van der Waals surface area contributed by atoms with Gasteiger partial charge in [-0.15, -0.1) is 0 Å². The molecule has 0 saturated heterocycles.